The van der Waals surface area contributed by atoms with Crippen LogP contribution in [0.3, 0.4) is 0 Å². The maximum Gasteiger partial charge on any atom is 0.232 e. The van der Waals surface area contributed by atoms with E-state index in [0.717, 1.165) is 24.3 Å². The van der Waals surface area contributed by atoms with E-state index in [-0.39, 0.29) is 17.3 Å². The van der Waals surface area contributed by atoms with Crippen LogP contribution in [0.1, 0.15) is 29.8 Å². The molecule has 0 aliphatic carbocycles. The number of rotatable bonds is 4. The van der Waals surface area contributed by atoms with Crippen LogP contribution < -0.4 is 9.64 Å². The number of ether oxygens (including phenoxy) is 1. The predicted octanol–water partition coefficient (Wildman–Crippen LogP) is 3.85. The molecule has 2 aromatic rings. The summed E-state index contributed by atoms with van der Waals surface area (Å²) >= 11 is 0. The van der Waals surface area contributed by atoms with Crippen molar-refractivity contribution in [2.75, 3.05) is 18.0 Å². The minimum absolute atomic E-state index is 0.0607. The number of aromatic hydroxyl groups is 1. The molecule has 1 heterocycles. The van der Waals surface area contributed by atoms with Crippen LogP contribution in [0.15, 0.2) is 48.2 Å². The van der Waals surface area contributed by atoms with Crippen LogP contribution in [0.25, 0.3) is 6.08 Å². The molecule has 0 bridgehead atoms. The molecule has 0 radical (unpaired) electrons. The van der Waals surface area contributed by atoms with Gasteiger partial charge in [-0.25, -0.2) is 0 Å². The van der Waals surface area contributed by atoms with Crippen molar-refractivity contribution in [3.8, 4) is 11.5 Å². The van der Waals surface area contributed by atoms with Gasteiger partial charge in [-0.3, -0.25) is 4.79 Å². The topological polar surface area (TPSA) is 49.8 Å². The number of phenolic OH excluding ortho intramolecular Hbond substituents is 1. The molecule has 118 valence electrons. The number of benzene rings is 2. The van der Waals surface area contributed by atoms with Gasteiger partial charge in [0.05, 0.1) is 5.56 Å². The Hall–Kier alpha value is -2.75. The summed E-state index contributed by atoms with van der Waals surface area (Å²) in [5.41, 5.74) is 2.46. The number of Topliss-reactive ketones (excluding diaryl/α,β-unsaturated/α-hetero) is 1. The van der Waals surface area contributed by atoms with Crippen molar-refractivity contribution in [1.29, 1.82) is 0 Å². The number of hydrogen-bond acceptors (Lipinski definition) is 4. The van der Waals surface area contributed by atoms with Crippen molar-refractivity contribution >= 4 is 17.5 Å². The normalized spacial score (nSPS) is 14.7. The molecule has 1 N–H and O–H groups in total. The smallest absolute Gasteiger partial charge is 0.232 e. The Bertz CT molecular complexity index is 759. The summed E-state index contributed by atoms with van der Waals surface area (Å²) in [7, 11) is 0. The fraction of sp³-hybridized carbons (Fsp3) is 0.211. The highest BCUT2D eigenvalue weighted by molar-refractivity contribution is 6.14. The highest BCUT2D eigenvalue weighted by Gasteiger charge is 2.27. The van der Waals surface area contributed by atoms with Crippen LogP contribution in [0.2, 0.25) is 0 Å². The van der Waals surface area contributed by atoms with Crippen molar-refractivity contribution in [3.63, 3.8) is 0 Å². The highest BCUT2D eigenvalue weighted by Crippen LogP contribution is 2.34. The third-order valence-electron chi connectivity index (χ3n) is 3.97. The molecule has 23 heavy (non-hydrogen) atoms. The lowest BCUT2D eigenvalue weighted by Gasteiger charge is -2.20. The van der Waals surface area contributed by atoms with Gasteiger partial charge in [-0.1, -0.05) is 12.1 Å². The molecule has 0 unspecified atom stereocenters. The monoisotopic (exact) mass is 309 g/mol. The minimum atomic E-state index is -0.205. The number of fused-ring (bicyclic) bond motifs is 1. The maximum absolute atomic E-state index is 12.3. The van der Waals surface area contributed by atoms with Gasteiger partial charge in [-0.05, 0) is 55.8 Å². The molecule has 4 nitrogen and oxygen atoms in total. The number of ketones is 1. The lowest BCUT2D eigenvalue weighted by atomic mass is 10.1. The first-order chi connectivity index (χ1) is 11.1. The number of carbonyl (C=O) groups excluding carboxylic acids is 1. The fourth-order valence-electron chi connectivity index (χ4n) is 2.70. The number of phenols is 1. The van der Waals surface area contributed by atoms with E-state index in [2.05, 4.69) is 18.7 Å². The molecule has 0 saturated carbocycles. The number of nitrogens with zero attached hydrogens (tertiary/aromatic N) is 1. The average Bonchev–Trinajstić information content (AvgIpc) is 2.86. The van der Waals surface area contributed by atoms with Crippen molar-refractivity contribution in [2.24, 2.45) is 0 Å². The van der Waals surface area contributed by atoms with Gasteiger partial charge in [0.1, 0.15) is 11.5 Å². The predicted molar refractivity (Wildman–Crippen MR) is 91.0 cm³/mol. The van der Waals surface area contributed by atoms with Gasteiger partial charge in [-0.15, -0.1) is 0 Å². The van der Waals surface area contributed by atoms with Gasteiger partial charge in [-0.2, -0.15) is 0 Å². The van der Waals surface area contributed by atoms with Crippen molar-refractivity contribution in [2.45, 2.75) is 13.8 Å². The summed E-state index contributed by atoms with van der Waals surface area (Å²) in [6, 6.07) is 12.6. The van der Waals surface area contributed by atoms with Crippen LogP contribution in [0.4, 0.5) is 5.69 Å². The summed E-state index contributed by atoms with van der Waals surface area (Å²) in [5.74, 6) is 0.620. The molecule has 0 aromatic heterocycles. The van der Waals surface area contributed by atoms with Gasteiger partial charge in [0.15, 0.2) is 5.76 Å². The lowest BCUT2D eigenvalue weighted by Crippen LogP contribution is -2.21. The van der Waals surface area contributed by atoms with E-state index in [9.17, 15) is 9.90 Å². The molecule has 0 atom stereocenters. The van der Waals surface area contributed by atoms with Crippen LogP contribution in [-0.4, -0.2) is 24.0 Å². The second-order valence-corrected chi connectivity index (χ2v) is 5.38. The molecule has 1 aliphatic rings. The van der Waals surface area contributed by atoms with Crippen LogP contribution >= 0.6 is 0 Å². The quantitative estimate of drug-likeness (QED) is 0.871. The zero-order chi connectivity index (χ0) is 16.4. The van der Waals surface area contributed by atoms with E-state index >= 15 is 0 Å². The molecule has 0 spiro atoms. The summed E-state index contributed by atoms with van der Waals surface area (Å²) in [4.78, 5) is 14.6. The molecule has 0 amide bonds. The molecule has 3 rings (SSSR count). The molecule has 1 aliphatic heterocycles. The number of allylic oxidation sites excluding steroid dienone is 1. The SMILES string of the molecule is CCN(CC)c1ccc(/C=C2\Oc3ccc(O)cc3C2=O)cc1. The largest absolute Gasteiger partial charge is 0.508 e. The van der Waals surface area contributed by atoms with E-state index in [0.29, 0.717) is 11.3 Å². The Morgan fingerprint density at radius 1 is 1.09 bits per heavy atom. The third-order valence-corrected chi connectivity index (χ3v) is 3.97. The summed E-state index contributed by atoms with van der Waals surface area (Å²) in [6.45, 7) is 6.16. The second-order valence-electron chi connectivity index (χ2n) is 5.38. The van der Waals surface area contributed by atoms with E-state index in [1.807, 2.05) is 24.3 Å². The van der Waals surface area contributed by atoms with Gasteiger partial charge >= 0.3 is 0 Å². The zero-order valence-corrected chi connectivity index (χ0v) is 13.2. The Morgan fingerprint density at radius 2 is 1.78 bits per heavy atom. The number of hydrogen-bond donors (Lipinski definition) is 1. The number of carbonyl (C=O) groups is 1. The molecular weight excluding hydrogens is 290 g/mol. The maximum atomic E-state index is 12.3. The van der Waals surface area contributed by atoms with E-state index in [4.69, 9.17) is 4.74 Å². The third kappa shape index (κ3) is 2.93. The first-order valence-electron chi connectivity index (χ1n) is 7.74. The Morgan fingerprint density at radius 3 is 2.43 bits per heavy atom. The Balaban J connectivity index is 1.84. The molecule has 2 aromatic carbocycles. The van der Waals surface area contributed by atoms with E-state index in [1.54, 1.807) is 12.1 Å². The number of anilines is 1. The first kappa shape index (κ1) is 15.2. The molecular formula is C19H19NO3. The van der Waals surface area contributed by atoms with Crippen molar-refractivity contribution in [1.82, 2.24) is 0 Å². The van der Waals surface area contributed by atoms with Crippen molar-refractivity contribution in [3.05, 3.63) is 59.4 Å². The lowest BCUT2D eigenvalue weighted by molar-refractivity contribution is 0.101. The van der Waals surface area contributed by atoms with Gasteiger partial charge < -0.3 is 14.7 Å². The molecule has 0 fully saturated rings. The molecule has 4 heteroatoms. The first-order valence-corrected chi connectivity index (χ1v) is 7.74. The van der Waals surface area contributed by atoms with Gasteiger partial charge in [0.2, 0.25) is 5.78 Å². The zero-order valence-electron chi connectivity index (χ0n) is 13.2. The van der Waals surface area contributed by atoms with E-state index < -0.39 is 0 Å². The molecule has 0 saturated heterocycles. The van der Waals surface area contributed by atoms with Gasteiger partial charge in [0, 0.05) is 18.8 Å². The summed E-state index contributed by atoms with van der Waals surface area (Å²) in [6.07, 6.45) is 1.73. The van der Waals surface area contributed by atoms with E-state index in [1.165, 1.54) is 12.1 Å². The highest BCUT2D eigenvalue weighted by atomic mass is 16.5. The summed E-state index contributed by atoms with van der Waals surface area (Å²) in [5, 5.41) is 9.49. The average molecular weight is 309 g/mol. The van der Waals surface area contributed by atoms with Crippen LogP contribution in [-0.2, 0) is 0 Å². The van der Waals surface area contributed by atoms with Crippen LogP contribution in [0, 0.1) is 0 Å². The minimum Gasteiger partial charge on any atom is -0.508 e. The standard InChI is InChI=1S/C19H19NO3/c1-3-20(4-2)14-7-5-13(6-8-14)11-18-19(22)16-12-15(21)9-10-17(16)23-18/h5-12,21H,3-4H2,1-2H3/b18-11-. The Labute approximate surface area is 135 Å². The van der Waals surface area contributed by atoms with Crippen LogP contribution in [0.5, 0.6) is 11.5 Å². The van der Waals surface area contributed by atoms with Gasteiger partial charge in [0.25, 0.3) is 0 Å². The Kier molecular flexibility index (Phi) is 4.06. The summed E-state index contributed by atoms with van der Waals surface area (Å²) < 4.78 is 5.59. The van der Waals surface area contributed by atoms with Crippen molar-refractivity contribution < 1.29 is 14.6 Å². The fourth-order valence-corrected chi connectivity index (χ4v) is 2.70. The second kappa shape index (κ2) is 6.16.